The molecule has 1 fully saturated rings. The van der Waals surface area contributed by atoms with E-state index in [1.54, 1.807) is 19.2 Å². The minimum absolute atomic E-state index is 0.184. The van der Waals surface area contributed by atoms with Crippen LogP contribution in [0, 0.1) is 6.92 Å². The van der Waals surface area contributed by atoms with Crippen LogP contribution in [-0.4, -0.2) is 38.9 Å². The second-order valence-corrected chi connectivity index (χ2v) is 6.04. The van der Waals surface area contributed by atoms with Gasteiger partial charge in [0.15, 0.2) is 5.82 Å². The molecule has 0 aromatic carbocycles. The van der Waals surface area contributed by atoms with Crippen molar-refractivity contribution in [2.75, 3.05) is 16.8 Å². The summed E-state index contributed by atoms with van der Waals surface area (Å²) in [6.07, 6.45) is 3.14. The topological polar surface area (TPSA) is 106 Å². The molecule has 0 radical (unpaired) electrons. The molecule has 1 aliphatic rings. The Labute approximate surface area is 145 Å². The number of ether oxygens (including phenoxy) is 1. The number of allylic oxidation sites excluding steroid dienone is 1. The highest BCUT2D eigenvalue weighted by Crippen LogP contribution is 2.24. The van der Waals surface area contributed by atoms with Gasteiger partial charge in [0.25, 0.3) is 0 Å². The molecule has 1 aliphatic heterocycles. The summed E-state index contributed by atoms with van der Waals surface area (Å²) in [4.78, 5) is 26.4. The summed E-state index contributed by atoms with van der Waals surface area (Å²) in [5.74, 6) is 1.82. The molecule has 2 unspecified atom stereocenters. The largest absolute Gasteiger partial charge is 0.447 e. The lowest BCUT2D eigenvalue weighted by molar-refractivity contribution is 0.179. The Morgan fingerprint density at radius 3 is 2.92 bits per heavy atom. The number of hydrogen-bond acceptors (Lipinski definition) is 8. The minimum atomic E-state index is -0.423. The number of amides is 1. The van der Waals surface area contributed by atoms with E-state index in [0.29, 0.717) is 30.1 Å². The van der Waals surface area contributed by atoms with Gasteiger partial charge in [-0.15, -0.1) is 0 Å². The SMILES string of the molecule is CC(C)=CC1COC(=O)N1c1ccnc(NC(C)c2nc(C)no2)n1. The van der Waals surface area contributed by atoms with Crippen molar-refractivity contribution in [3.63, 3.8) is 0 Å². The maximum atomic E-state index is 12.1. The van der Waals surface area contributed by atoms with Crippen LogP contribution in [0.25, 0.3) is 0 Å². The quantitative estimate of drug-likeness (QED) is 0.825. The summed E-state index contributed by atoms with van der Waals surface area (Å²) in [5, 5.41) is 6.86. The summed E-state index contributed by atoms with van der Waals surface area (Å²) in [5.41, 5.74) is 1.10. The molecule has 3 rings (SSSR count). The predicted molar refractivity (Wildman–Crippen MR) is 90.2 cm³/mol. The lowest BCUT2D eigenvalue weighted by Gasteiger charge is -2.19. The van der Waals surface area contributed by atoms with Gasteiger partial charge in [0.05, 0.1) is 6.04 Å². The molecule has 1 amide bonds. The van der Waals surface area contributed by atoms with Crippen molar-refractivity contribution in [1.82, 2.24) is 20.1 Å². The van der Waals surface area contributed by atoms with Crippen LogP contribution >= 0.6 is 0 Å². The molecule has 2 aromatic heterocycles. The average molecular weight is 344 g/mol. The fourth-order valence-corrected chi connectivity index (χ4v) is 2.50. The molecule has 0 bridgehead atoms. The van der Waals surface area contributed by atoms with Crippen molar-refractivity contribution in [2.24, 2.45) is 0 Å². The van der Waals surface area contributed by atoms with E-state index >= 15 is 0 Å². The van der Waals surface area contributed by atoms with Crippen LogP contribution in [0.4, 0.5) is 16.6 Å². The van der Waals surface area contributed by atoms with Crippen molar-refractivity contribution >= 4 is 17.9 Å². The summed E-state index contributed by atoms with van der Waals surface area (Å²) in [6, 6.07) is 1.22. The number of carbonyl (C=O) groups is 1. The van der Waals surface area contributed by atoms with Crippen LogP contribution in [0.3, 0.4) is 0 Å². The van der Waals surface area contributed by atoms with Gasteiger partial charge in [-0.1, -0.05) is 16.8 Å². The number of nitrogens with zero attached hydrogens (tertiary/aromatic N) is 5. The maximum absolute atomic E-state index is 12.1. The summed E-state index contributed by atoms with van der Waals surface area (Å²) < 4.78 is 10.3. The molecule has 9 nitrogen and oxygen atoms in total. The molecule has 1 saturated heterocycles. The summed E-state index contributed by atoms with van der Waals surface area (Å²) >= 11 is 0. The predicted octanol–water partition coefficient (Wildman–Crippen LogP) is 2.63. The number of carbonyl (C=O) groups excluding carboxylic acids is 1. The first kappa shape index (κ1) is 16.9. The van der Waals surface area contributed by atoms with Gasteiger partial charge in [-0.2, -0.15) is 9.97 Å². The van der Waals surface area contributed by atoms with E-state index in [1.165, 1.54) is 4.90 Å². The van der Waals surface area contributed by atoms with Crippen molar-refractivity contribution in [2.45, 2.75) is 39.8 Å². The van der Waals surface area contributed by atoms with E-state index < -0.39 is 6.09 Å². The van der Waals surface area contributed by atoms with Gasteiger partial charge >= 0.3 is 6.09 Å². The van der Waals surface area contributed by atoms with Crippen LogP contribution < -0.4 is 10.2 Å². The third-order valence-electron chi connectivity index (χ3n) is 3.58. The number of cyclic esters (lactones) is 1. The fourth-order valence-electron chi connectivity index (χ4n) is 2.50. The Morgan fingerprint density at radius 2 is 2.24 bits per heavy atom. The molecular weight excluding hydrogens is 324 g/mol. The molecule has 9 heteroatoms. The Kier molecular flexibility index (Phi) is 4.64. The maximum Gasteiger partial charge on any atom is 0.416 e. The first-order chi connectivity index (χ1) is 11.9. The number of aryl methyl sites for hydroxylation is 1. The lowest BCUT2D eigenvalue weighted by Crippen LogP contribution is -2.33. The van der Waals surface area contributed by atoms with Crippen LogP contribution in [0.15, 0.2) is 28.4 Å². The van der Waals surface area contributed by atoms with Crippen LogP contribution in [0.5, 0.6) is 0 Å². The molecular formula is C16H20N6O3. The fraction of sp³-hybridized carbons (Fsp3) is 0.438. The number of nitrogens with one attached hydrogen (secondary N) is 1. The molecule has 1 N–H and O–H groups in total. The Morgan fingerprint density at radius 1 is 1.44 bits per heavy atom. The standard InChI is InChI=1S/C16H20N6O3/c1-9(2)7-12-8-24-16(23)22(12)13-5-6-17-15(20-13)18-10(3)14-19-11(4)21-25-14/h5-7,10,12H,8H2,1-4H3,(H,17,18,20). The van der Waals surface area contributed by atoms with Gasteiger partial charge in [0.2, 0.25) is 11.8 Å². The second-order valence-electron chi connectivity index (χ2n) is 6.04. The molecule has 25 heavy (non-hydrogen) atoms. The van der Waals surface area contributed by atoms with Gasteiger partial charge in [0, 0.05) is 6.20 Å². The minimum Gasteiger partial charge on any atom is -0.447 e. The first-order valence-electron chi connectivity index (χ1n) is 7.95. The van der Waals surface area contributed by atoms with Gasteiger partial charge in [0.1, 0.15) is 18.5 Å². The molecule has 2 aromatic rings. The van der Waals surface area contributed by atoms with Gasteiger partial charge in [-0.3, -0.25) is 4.90 Å². The second kappa shape index (κ2) is 6.88. The summed E-state index contributed by atoms with van der Waals surface area (Å²) in [6.45, 7) is 7.86. The number of hydrogen-bond donors (Lipinski definition) is 1. The third kappa shape index (κ3) is 3.76. The van der Waals surface area contributed by atoms with E-state index in [2.05, 4.69) is 25.4 Å². The smallest absolute Gasteiger partial charge is 0.416 e. The molecule has 3 heterocycles. The third-order valence-corrected chi connectivity index (χ3v) is 3.58. The Hall–Kier alpha value is -2.97. The lowest BCUT2D eigenvalue weighted by atomic mass is 10.2. The molecule has 2 atom stereocenters. The van der Waals surface area contributed by atoms with Crippen molar-refractivity contribution in [1.29, 1.82) is 0 Å². The van der Waals surface area contributed by atoms with Crippen molar-refractivity contribution in [3.8, 4) is 0 Å². The summed E-state index contributed by atoms with van der Waals surface area (Å²) in [7, 11) is 0. The zero-order chi connectivity index (χ0) is 18.0. The highest BCUT2D eigenvalue weighted by Gasteiger charge is 2.34. The van der Waals surface area contributed by atoms with E-state index in [0.717, 1.165) is 5.57 Å². The highest BCUT2D eigenvalue weighted by molar-refractivity contribution is 5.89. The number of rotatable bonds is 5. The van der Waals surface area contributed by atoms with E-state index in [9.17, 15) is 4.79 Å². The zero-order valence-electron chi connectivity index (χ0n) is 14.6. The van der Waals surface area contributed by atoms with Gasteiger partial charge < -0.3 is 14.6 Å². The average Bonchev–Trinajstić information content (AvgIpc) is 3.13. The molecule has 0 saturated carbocycles. The van der Waals surface area contributed by atoms with Gasteiger partial charge in [-0.25, -0.2) is 9.78 Å². The van der Waals surface area contributed by atoms with E-state index in [4.69, 9.17) is 9.26 Å². The Balaban J connectivity index is 1.81. The normalized spacial score (nSPS) is 18.0. The number of aromatic nitrogens is 4. The first-order valence-corrected chi connectivity index (χ1v) is 7.95. The zero-order valence-corrected chi connectivity index (χ0v) is 14.6. The van der Waals surface area contributed by atoms with Gasteiger partial charge in [-0.05, 0) is 33.8 Å². The van der Waals surface area contributed by atoms with Crippen molar-refractivity contribution < 1.29 is 14.1 Å². The van der Waals surface area contributed by atoms with Crippen molar-refractivity contribution in [3.05, 3.63) is 35.6 Å². The molecule has 132 valence electrons. The molecule has 0 spiro atoms. The molecule has 0 aliphatic carbocycles. The highest BCUT2D eigenvalue weighted by atomic mass is 16.6. The van der Waals surface area contributed by atoms with Crippen LogP contribution in [0.2, 0.25) is 0 Å². The number of anilines is 2. The van der Waals surface area contributed by atoms with E-state index in [1.807, 2.05) is 26.8 Å². The van der Waals surface area contributed by atoms with Crippen LogP contribution in [-0.2, 0) is 4.74 Å². The monoisotopic (exact) mass is 344 g/mol. The van der Waals surface area contributed by atoms with E-state index in [-0.39, 0.29) is 12.1 Å². The van der Waals surface area contributed by atoms with Crippen LogP contribution in [0.1, 0.15) is 38.5 Å². The Bertz CT molecular complexity index is 799.